The zero-order chi connectivity index (χ0) is 25.0. The minimum atomic E-state index is -1.51. The zero-order valence-electron chi connectivity index (χ0n) is 20.2. The first-order chi connectivity index (χ1) is 16.6. The average Bonchev–Trinajstić information content (AvgIpc) is 3.45. The molecule has 2 saturated heterocycles. The fourth-order valence-electron chi connectivity index (χ4n) is 5.78. The van der Waals surface area contributed by atoms with Gasteiger partial charge in [0, 0.05) is 24.9 Å². The van der Waals surface area contributed by atoms with Crippen LogP contribution in [0.2, 0.25) is 0 Å². The summed E-state index contributed by atoms with van der Waals surface area (Å²) < 4.78 is 11.2. The summed E-state index contributed by atoms with van der Waals surface area (Å²) >= 11 is 0. The topological polar surface area (TPSA) is 96.4 Å². The van der Waals surface area contributed by atoms with Crippen LogP contribution in [-0.4, -0.2) is 70.4 Å². The van der Waals surface area contributed by atoms with Gasteiger partial charge in [0.05, 0.1) is 6.54 Å². The lowest BCUT2D eigenvalue weighted by molar-refractivity contribution is -0.150. The summed E-state index contributed by atoms with van der Waals surface area (Å²) in [5, 5.41) is 10.2. The molecule has 0 bridgehead atoms. The number of fused-ring (bicyclic) bond motifs is 4. The zero-order valence-corrected chi connectivity index (χ0v) is 20.2. The number of hydrogen-bond acceptors (Lipinski definition) is 5. The summed E-state index contributed by atoms with van der Waals surface area (Å²) in [4.78, 5) is 41.1. The van der Waals surface area contributed by atoms with Gasteiger partial charge < -0.3 is 19.5 Å². The lowest BCUT2D eigenvalue weighted by Crippen LogP contribution is -2.58. The van der Waals surface area contributed by atoms with Gasteiger partial charge in [-0.05, 0) is 49.4 Å². The van der Waals surface area contributed by atoms with Crippen LogP contribution in [0.3, 0.4) is 0 Å². The molecule has 1 N–H and O–H groups in total. The number of ether oxygens (including phenoxy) is 2. The average molecular weight is 479 g/mol. The molecule has 2 atom stereocenters. The molecule has 5 rings (SSSR count). The van der Waals surface area contributed by atoms with Gasteiger partial charge in [0.1, 0.15) is 12.2 Å². The van der Waals surface area contributed by atoms with Crippen LogP contribution in [0.1, 0.15) is 44.2 Å². The molecule has 0 unspecified atom stereocenters. The number of nitrogens with zero attached hydrogens (tertiary/aromatic N) is 2. The highest BCUT2D eigenvalue weighted by molar-refractivity contribution is 5.88. The van der Waals surface area contributed by atoms with Crippen molar-refractivity contribution in [1.82, 2.24) is 9.80 Å². The van der Waals surface area contributed by atoms with Gasteiger partial charge in [0.15, 0.2) is 5.54 Å². The quantitative estimate of drug-likeness (QED) is 0.705. The molecule has 35 heavy (non-hydrogen) atoms. The Kier molecular flexibility index (Phi) is 5.49. The van der Waals surface area contributed by atoms with Crippen molar-refractivity contribution in [2.24, 2.45) is 5.92 Å². The molecule has 184 valence electrons. The Balaban J connectivity index is 1.32. The van der Waals surface area contributed by atoms with E-state index < -0.39 is 29.3 Å². The van der Waals surface area contributed by atoms with Gasteiger partial charge in [0.2, 0.25) is 0 Å². The van der Waals surface area contributed by atoms with E-state index in [4.69, 9.17) is 9.47 Å². The Bertz CT molecular complexity index is 1140. The van der Waals surface area contributed by atoms with Gasteiger partial charge in [-0.1, -0.05) is 48.5 Å². The summed E-state index contributed by atoms with van der Waals surface area (Å²) in [5.41, 5.74) is 2.24. The summed E-state index contributed by atoms with van der Waals surface area (Å²) in [5.74, 6) is -1.59. The Morgan fingerprint density at radius 2 is 1.60 bits per heavy atom. The van der Waals surface area contributed by atoms with Crippen LogP contribution in [0.25, 0.3) is 11.1 Å². The fourth-order valence-corrected chi connectivity index (χ4v) is 5.78. The van der Waals surface area contributed by atoms with Crippen LogP contribution >= 0.6 is 0 Å². The van der Waals surface area contributed by atoms with Crippen LogP contribution in [0.4, 0.5) is 9.59 Å². The monoisotopic (exact) mass is 478 g/mol. The number of rotatable bonds is 3. The van der Waals surface area contributed by atoms with Crippen LogP contribution in [0.5, 0.6) is 0 Å². The normalized spacial score (nSPS) is 23.0. The van der Waals surface area contributed by atoms with Gasteiger partial charge in [-0.25, -0.2) is 14.4 Å². The third kappa shape index (κ3) is 3.81. The Labute approximate surface area is 204 Å². The minimum Gasteiger partial charge on any atom is -0.479 e. The highest BCUT2D eigenvalue weighted by Gasteiger charge is 2.63. The van der Waals surface area contributed by atoms with Crippen molar-refractivity contribution in [2.75, 3.05) is 26.2 Å². The number of amides is 2. The van der Waals surface area contributed by atoms with Crippen molar-refractivity contribution in [3.05, 3.63) is 59.7 Å². The number of carbonyl (C=O) groups excluding carboxylic acids is 2. The largest absolute Gasteiger partial charge is 0.479 e. The smallest absolute Gasteiger partial charge is 0.411 e. The lowest BCUT2D eigenvalue weighted by atomic mass is 9.88. The van der Waals surface area contributed by atoms with Crippen molar-refractivity contribution < 1.29 is 29.0 Å². The predicted octanol–water partition coefficient (Wildman–Crippen LogP) is 4.33. The number of benzene rings is 2. The Hall–Kier alpha value is -3.55. The highest BCUT2D eigenvalue weighted by Crippen LogP contribution is 2.45. The third-order valence-corrected chi connectivity index (χ3v) is 7.31. The molecule has 0 radical (unpaired) electrons. The second kappa shape index (κ2) is 8.29. The second-order valence-corrected chi connectivity index (χ2v) is 10.5. The van der Waals surface area contributed by atoms with Crippen molar-refractivity contribution in [1.29, 1.82) is 0 Å². The summed E-state index contributed by atoms with van der Waals surface area (Å²) in [6.45, 7) is 5.76. The van der Waals surface area contributed by atoms with E-state index in [1.165, 1.54) is 9.80 Å². The van der Waals surface area contributed by atoms with Crippen molar-refractivity contribution in [3.63, 3.8) is 0 Å². The van der Waals surface area contributed by atoms with Gasteiger partial charge in [-0.3, -0.25) is 4.90 Å². The van der Waals surface area contributed by atoms with E-state index in [0.29, 0.717) is 6.42 Å². The molecule has 2 aliphatic heterocycles. The van der Waals surface area contributed by atoms with E-state index in [0.717, 1.165) is 22.3 Å². The molecule has 1 aliphatic carbocycles. The molecule has 0 saturated carbocycles. The second-order valence-electron chi connectivity index (χ2n) is 10.5. The molecule has 8 heteroatoms. The molecular weight excluding hydrogens is 448 g/mol. The van der Waals surface area contributed by atoms with E-state index in [9.17, 15) is 19.5 Å². The van der Waals surface area contributed by atoms with Gasteiger partial charge in [-0.15, -0.1) is 0 Å². The molecule has 2 aromatic rings. The molecule has 2 aromatic carbocycles. The number of carbonyl (C=O) groups is 3. The maximum atomic E-state index is 13.1. The SMILES string of the molecule is CC(C)(C)OC(=O)N1CC[C@@H]2CN(C(=O)OCC3c4ccccc4-c4ccccc43)C[C@@]21C(=O)O. The molecular formula is C27H30N2O6. The highest BCUT2D eigenvalue weighted by atomic mass is 16.6. The summed E-state index contributed by atoms with van der Waals surface area (Å²) in [7, 11) is 0. The fraction of sp³-hybridized carbons (Fsp3) is 0.444. The maximum Gasteiger partial charge on any atom is 0.411 e. The number of hydrogen-bond donors (Lipinski definition) is 1. The first-order valence-corrected chi connectivity index (χ1v) is 12.0. The lowest BCUT2D eigenvalue weighted by Gasteiger charge is -2.35. The first-order valence-electron chi connectivity index (χ1n) is 12.0. The van der Waals surface area contributed by atoms with E-state index in [2.05, 4.69) is 12.1 Å². The van der Waals surface area contributed by atoms with E-state index in [-0.39, 0.29) is 38.1 Å². The third-order valence-electron chi connectivity index (χ3n) is 7.31. The molecule has 0 spiro atoms. The van der Waals surface area contributed by atoms with Crippen molar-refractivity contribution >= 4 is 18.2 Å². The summed E-state index contributed by atoms with van der Waals surface area (Å²) in [6.07, 6.45) is -0.749. The minimum absolute atomic E-state index is 0.0832. The van der Waals surface area contributed by atoms with E-state index in [1.807, 2.05) is 36.4 Å². The van der Waals surface area contributed by atoms with Crippen LogP contribution in [0.15, 0.2) is 48.5 Å². The van der Waals surface area contributed by atoms with Gasteiger partial charge in [-0.2, -0.15) is 0 Å². The number of carboxylic acid groups (broad SMARTS) is 1. The van der Waals surface area contributed by atoms with Crippen molar-refractivity contribution in [3.8, 4) is 11.1 Å². The van der Waals surface area contributed by atoms with E-state index >= 15 is 0 Å². The molecule has 2 heterocycles. The number of likely N-dealkylation sites (tertiary alicyclic amines) is 2. The van der Waals surface area contributed by atoms with Gasteiger partial charge in [0.25, 0.3) is 0 Å². The maximum absolute atomic E-state index is 13.1. The van der Waals surface area contributed by atoms with Crippen LogP contribution < -0.4 is 0 Å². The Morgan fingerprint density at radius 1 is 1.00 bits per heavy atom. The molecule has 0 aromatic heterocycles. The first kappa shape index (κ1) is 23.2. The van der Waals surface area contributed by atoms with Gasteiger partial charge >= 0.3 is 18.2 Å². The molecule has 8 nitrogen and oxygen atoms in total. The molecule has 2 amide bonds. The van der Waals surface area contributed by atoms with Crippen molar-refractivity contribution in [2.45, 2.75) is 44.2 Å². The Morgan fingerprint density at radius 3 is 2.17 bits per heavy atom. The standard InChI is InChI=1S/C27H30N2O6/c1-26(2,3)35-25(33)29-13-12-17-14-28(16-27(17,29)23(30)31)24(32)34-15-22-20-10-6-4-8-18(20)19-9-5-7-11-21(19)22/h4-11,17,22H,12-16H2,1-3H3,(H,30,31)/t17-,27+/m1/s1. The van der Waals surface area contributed by atoms with Crippen LogP contribution in [0, 0.1) is 5.92 Å². The number of carboxylic acids is 1. The molecule has 3 aliphatic rings. The number of aliphatic carboxylic acids is 1. The molecule has 2 fully saturated rings. The van der Waals surface area contributed by atoms with E-state index in [1.54, 1.807) is 20.8 Å². The summed E-state index contributed by atoms with van der Waals surface area (Å²) in [6, 6.07) is 16.2. The van der Waals surface area contributed by atoms with Crippen LogP contribution in [-0.2, 0) is 14.3 Å². The predicted molar refractivity (Wildman–Crippen MR) is 128 cm³/mol.